The van der Waals surface area contributed by atoms with Crippen LogP contribution in [0.5, 0.6) is 0 Å². The first-order valence-corrected chi connectivity index (χ1v) is 7.81. The maximum Gasteiger partial charge on any atom is 0.328 e. The van der Waals surface area contributed by atoms with Gasteiger partial charge in [0.15, 0.2) is 12.4 Å². The summed E-state index contributed by atoms with van der Waals surface area (Å²) in [7, 11) is 0. The van der Waals surface area contributed by atoms with E-state index in [2.05, 4.69) is 10.6 Å². The highest BCUT2D eigenvalue weighted by Crippen LogP contribution is 2.19. The molecule has 1 aromatic heterocycles. The molecule has 1 aromatic carbocycles. The van der Waals surface area contributed by atoms with Crippen LogP contribution in [0.1, 0.15) is 23.0 Å². The summed E-state index contributed by atoms with van der Waals surface area (Å²) in [5, 5.41) is 5.50. The minimum absolute atomic E-state index is 0.0776. The van der Waals surface area contributed by atoms with Crippen LogP contribution in [0.4, 0.5) is 5.69 Å². The second kappa shape index (κ2) is 8.34. The Bertz CT molecular complexity index is 773. The first-order valence-electron chi connectivity index (χ1n) is 7.44. The van der Waals surface area contributed by atoms with Crippen LogP contribution in [-0.2, 0) is 14.3 Å². The molecule has 8 heteroatoms. The fourth-order valence-electron chi connectivity index (χ4n) is 1.91. The van der Waals surface area contributed by atoms with E-state index in [1.807, 2.05) is 6.92 Å². The third kappa shape index (κ3) is 5.36. The van der Waals surface area contributed by atoms with E-state index in [-0.39, 0.29) is 5.76 Å². The van der Waals surface area contributed by atoms with Gasteiger partial charge in [-0.05, 0) is 43.7 Å². The number of nitrogens with one attached hydrogen (secondary N) is 2. The van der Waals surface area contributed by atoms with Crippen molar-refractivity contribution in [1.82, 2.24) is 5.32 Å². The molecule has 2 aromatic rings. The van der Waals surface area contributed by atoms with E-state index in [0.717, 1.165) is 5.56 Å². The van der Waals surface area contributed by atoms with Crippen LogP contribution in [0.15, 0.2) is 41.0 Å². The Hall–Kier alpha value is -2.80. The molecule has 0 aliphatic heterocycles. The number of carbonyl (C=O) groups excluding carboxylic acids is 3. The summed E-state index contributed by atoms with van der Waals surface area (Å²) in [5.41, 5.74) is 1.36. The van der Waals surface area contributed by atoms with Crippen LogP contribution in [0.3, 0.4) is 0 Å². The lowest BCUT2D eigenvalue weighted by molar-refractivity contribution is -0.148. The molecule has 1 atom stereocenters. The quantitative estimate of drug-likeness (QED) is 0.767. The fraction of sp³-hybridized carbons (Fsp3) is 0.235. The lowest BCUT2D eigenvalue weighted by Crippen LogP contribution is -2.40. The van der Waals surface area contributed by atoms with E-state index in [4.69, 9.17) is 20.8 Å². The normalized spacial score (nSPS) is 11.5. The molecule has 1 heterocycles. The number of carbonyl (C=O) groups is 3. The number of halogens is 1. The third-order valence-corrected chi connectivity index (χ3v) is 3.50. The number of esters is 1. The van der Waals surface area contributed by atoms with Crippen molar-refractivity contribution in [2.24, 2.45) is 0 Å². The number of ether oxygens (including phenoxy) is 1. The van der Waals surface area contributed by atoms with Gasteiger partial charge < -0.3 is 19.8 Å². The first-order chi connectivity index (χ1) is 11.9. The molecule has 0 aliphatic carbocycles. The molecule has 132 valence electrons. The molecule has 0 aliphatic rings. The molecule has 2 amide bonds. The molecule has 2 rings (SSSR count). The van der Waals surface area contributed by atoms with Crippen molar-refractivity contribution in [2.45, 2.75) is 19.9 Å². The number of amides is 2. The van der Waals surface area contributed by atoms with Crippen molar-refractivity contribution in [3.63, 3.8) is 0 Å². The van der Waals surface area contributed by atoms with Gasteiger partial charge in [0.25, 0.3) is 11.8 Å². The van der Waals surface area contributed by atoms with Gasteiger partial charge >= 0.3 is 5.97 Å². The predicted molar refractivity (Wildman–Crippen MR) is 91.4 cm³/mol. The minimum atomic E-state index is -0.932. The summed E-state index contributed by atoms with van der Waals surface area (Å²) >= 11 is 5.88. The number of anilines is 1. The smallest absolute Gasteiger partial charge is 0.328 e. The number of rotatable bonds is 6. The van der Waals surface area contributed by atoms with E-state index in [1.54, 1.807) is 24.3 Å². The summed E-state index contributed by atoms with van der Waals surface area (Å²) in [4.78, 5) is 35.5. The summed E-state index contributed by atoms with van der Waals surface area (Å²) in [6, 6.07) is 7.15. The van der Waals surface area contributed by atoms with Crippen molar-refractivity contribution in [3.8, 4) is 0 Å². The zero-order chi connectivity index (χ0) is 18.4. The maximum absolute atomic E-state index is 11.9. The van der Waals surface area contributed by atoms with Crippen LogP contribution < -0.4 is 10.6 Å². The number of aryl methyl sites for hydroxylation is 1. The summed E-state index contributed by atoms with van der Waals surface area (Å²) in [5.74, 6) is -1.72. The average molecular weight is 365 g/mol. The highest BCUT2D eigenvalue weighted by atomic mass is 35.5. The van der Waals surface area contributed by atoms with Crippen LogP contribution in [0, 0.1) is 6.92 Å². The number of furan rings is 1. The van der Waals surface area contributed by atoms with Gasteiger partial charge in [-0.25, -0.2) is 4.79 Å². The summed E-state index contributed by atoms with van der Waals surface area (Å²) in [6.07, 6.45) is 1.35. The number of hydrogen-bond donors (Lipinski definition) is 2. The van der Waals surface area contributed by atoms with E-state index >= 15 is 0 Å². The SMILES string of the molecule is Cc1ccc(Cl)cc1NC(=O)COC(=O)[C@H](C)NC(=O)c1ccco1. The molecule has 0 unspecified atom stereocenters. The van der Waals surface area contributed by atoms with Gasteiger partial charge in [0.2, 0.25) is 0 Å². The van der Waals surface area contributed by atoms with Crippen molar-refractivity contribution in [3.05, 3.63) is 52.9 Å². The van der Waals surface area contributed by atoms with Crippen LogP contribution in [0.2, 0.25) is 5.02 Å². The van der Waals surface area contributed by atoms with Crippen LogP contribution in [0.25, 0.3) is 0 Å². The first kappa shape index (κ1) is 18.5. The van der Waals surface area contributed by atoms with E-state index in [9.17, 15) is 14.4 Å². The molecule has 25 heavy (non-hydrogen) atoms. The Labute approximate surface area is 149 Å². The fourth-order valence-corrected chi connectivity index (χ4v) is 2.08. The van der Waals surface area contributed by atoms with E-state index < -0.39 is 30.4 Å². The van der Waals surface area contributed by atoms with Gasteiger partial charge in [-0.1, -0.05) is 17.7 Å². The molecule has 0 bridgehead atoms. The van der Waals surface area contributed by atoms with Gasteiger partial charge in [0.05, 0.1) is 6.26 Å². The van der Waals surface area contributed by atoms with Crippen molar-refractivity contribution >= 4 is 35.1 Å². The van der Waals surface area contributed by atoms with Gasteiger partial charge in [0, 0.05) is 10.7 Å². The van der Waals surface area contributed by atoms with E-state index in [1.165, 1.54) is 19.3 Å². The Morgan fingerprint density at radius 2 is 2.04 bits per heavy atom. The largest absolute Gasteiger partial charge is 0.459 e. The highest BCUT2D eigenvalue weighted by Gasteiger charge is 2.20. The van der Waals surface area contributed by atoms with Gasteiger partial charge in [0.1, 0.15) is 6.04 Å². The summed E-state index contributed by atoms with van der Waals surface area (Å²) < 4.78 is 9.82. The maximum atomic E-state index is 11.9. The van der Waals surface area contributed by atoms with Crippen molar-refractivity contribution < 1.29 is 23.5 Å². The number of benzene rings is 1. The third-order valence-electron chi connectivity index (χ3n) is 3.27. The molecule has 2 N–H and O–H groups in total. The topological polar surface area (TPSA) is 97.6 Å². The predicted octanol–water partition coefficient (Wildman–Crippen LogP) is 2.54. The molecular weight excluding hydrogens is 348 g/mol. The molecule has 0 saturated carbocycles. The molecule has 0 fully saturated rings. The second-order valence-electron chi connectivity index (χ2n) is 5.29. The average Bonchev–Trinajstić information content (AvgIpc) is 3.10. The Kier molecular flexibility index (Phi) is 6.19. The monoisotopic (exact) mass is 364 g/mol. The molecule has 7 nitrogen and oxygen atoms in total. The molecule has 0 saturated heterocycles. The lowest BCUT2D eigenvalue weighted by atomic mass is 10.2. The minimum Gasteiger partial charge on any atom is -0.459 e. The summed E-state index contributed by atoms with van der Waals surface area (Å²) in [6.45, 7) is 2.78. The zero-order valence-electron chi connectivity index (χ0n) is 13.7. The molecule has 0 radical (unpaired) electrons. The Balaban J connectivity index is 1.81. The second-order valence-corrected chi connectivity index (χ2v) is 5.72. The van der Waals surface area contributed by atoms with Gasteiger partial charge in [-0.3, -0.25) is 9.59 Å². The molecule has 0 spiro atoms. The van der Waals surface area contributed by atoms with Crippen LogP contribution in [-0.4, -0.2) is 30.4 Å². The van der Waals surface area contributed by atoms with Gasteiger partial charge in [-0.15, -0.1) is 0 Å². The molecular formula is C17H17ClN2O5. The van der Waals surface area contributed by atoms with Gasteiger partial charge in [-0.2, -0.15) is 0 Å². The van der Waals surface area contributed by atoms with E-state index in [0.29, 0.717) is 10.7 Å². The Morgan fingerprint density at radius 1 is 1.28 bits per heavy atom. The van der Waals surface area contributed by atoms with Crippen molar-refractivity contribution in [2.75, 3.05) is 11.9 Å². The van der Waals surface area contributed by atoms with Crippen LogP contribution >= 0.6 is 11.6 Å². The standard InChI is InChI=1S/C17H17ClN2O5/c1-10-5-6-12(18)8-13(10)20-15(21)9-25-17(23)11(2)19-16(22)14-4-3-7-24-14/h3-8,11H,9H2,1-2H3,(H,19,22)(H,20,21)/t11-/m0/s1. The highest BCUT2D eigenvalue weighted by molar-refractivity contribution is 6.31. The Morgan fingerprint density at radius 3 is 2.72 bits per heavy atom. The van der Waals surface area contributed by atoms with Crippen molar-refractivity contribution in [1.29, 1.82) is 0 Å². The number of hydrogen-bond acceptors (Lipinski definition) is 5. The lowest BCUT2D eigenvalue weighted by Gasteiger charge is -2.13. The zero-order valence-corrected chi connectivity index (χ0v) is 14.4.